The third-order valence-electron chi connectivity index (χ3n) is 4.53. The summed E-state index contributed by atoms with van der Waals surface area (Å²) < 4.78 is 11.5. The normalized spacial score (nSPS) is 11.8. The Labute approximate surface area is 182 Å². The van der Waals surface area contributed by atoms with Crippen LogP contribution in [0, 0.1) is 11.3 Å². The summed E-state index contributed by atoms with van der Waals surface area (Å²) in [4.78, 5) is 12.2. The molecule has 0 heterocycles. The monoisotopic (exact) mass is 429 g/mol. The van der Waals surface area contributed by atoms with Crippen molar-refractivity contribution in [3.05, 3.63) is 53.1 Å². The Morgan fingerprint density at radius 1 is 1.16 bits per heavy atom. The second kappa shape index (κ2) is 11.2. The van der Waals surface area contributed by atoms with Crippen LogP contribution in [0.3, 0.4) is 0 Å². The first-order valence-corrected chi connectivity index (χ1v) is 10.2. The van der Waals surface area contributed by atoms with Crippen LogP contribution in [0.1, 0.15) is 43.5 Å². The number of ether oxygens (including phenoxy) is 2. The first kappa shape index (κ1) is 24.0. The molecule has 0 aliphatic heterocycles. The summed E-state index contributed by atoms with van der Waals surface area (Å²) in [5, 5.41) is 29.7. The van der Waals surface area contributed by atoms with Crippen molar-refractivity contribution >= 4 is 17.5 Å². The van der Waals surface area contributed by atoms with Crippen LogP contribution in [0.4, 0.5) is 5.69 Å². The average molecular weight is 430 g/mol. The topological polar surface area (TPSA) is 138 Å². The Kier molecular flexibility index (Phi) is 8.69. The van der Waals surface area contributed by atoms with Gasteiger partial charge in [0.2, 0.25) is 0 Å². The molecule has 0 fully saturated rings. The average Bonchev–Trinajstić information content (AvgIpc) is 2.72. The van der Waals surface area contributed by atoms with Gasteiger partial charge in [0, 0.05) is 16.8 Å². The van der Waals surface area contributed by atoms with Gasteiger partial charge in [-0.05, 0) is 61.2 Å². The minimum absolute atomic E-state index is 0.0434. The number of anilines is 1. The van der Waals surface area contributed by atoms with Crippen LogP contribution >= 0.6 is 0 Å². The lowest BCUT2D eigenvalue weighted by molar-refractivity contribution is -0.138. The highest BCUT2D eigenvalue weighted by Gasteiger charge is 2.26. The number of rotatable bonds is 12. The molecule has 31 heavy (non-hydrogen) atoms. The van der Waals surface area contributed by atoms with Crippen LogP contribution in [-0.2, 0) is 11.2 Å². The number of aliphatic carboxylic acids is 1. The Balaban J connectivity index is 2.50. The third kappa shape index (κ3) is 6.62. The fourth-order valence-electron chi connectivity index (χ4n) is 3.20. The number of aliphatic hydroxyl groups is 1. The van der Waals surface area contributed by atoms with E-state index in [1.54, 1.807) is 36.4 Å². The zero-order valence-corrected chi connectivity index (χ0v) is 18.1. The molecular weight excluding hydrogens is 398 g/mol. The Hall–Kier alpha value is -3.26. The molecule has 0 aromatic heterocycles. The second-order valence-electron chi connectivity index (χ2n) is 7.51. The summed E-state index contributed by atoms with van der Waals surface area (Å²) in [6, 6.07) is 8.99. The summed E-state index contributed by atoms with van der Waals surface area (Å²) >= 11 is 0. The number of aliphatic hydroxyl groups excluding tert-OH is 1. The van der Waals surface area contributed by atoms with E-state index < -0.39 is 12.0 Å². The van der Waals surface area contributed by atoms with Gasteiger partial charge in [0.1, 0.15) is 23.9 Å². The van der Waals surface area contributed by atoms with E-state index in [4.69, 9.17) is 20.6 Å². The lowest BCUT2D eigenvalue weighted by atomic mass is 9.96. The van der Waals surface area contributed by atoms with E-state index in [-0.39, 0.29) is 19.0 Å². The molecule has 168 valence electrons. The zero-order chi connectivity index (χ0) is 23.0. The number of nitrogens with two attached hydrogens (primary N) is 1. The molecule has 0 radical (unpaired) electrons. The molecule has 0 aliphatic carbocycles. The van der Waals surface area contributed by atoms with Gasteiger partial charge in [-0.25, -0.2) is 4.79 Å². The van der Waals surface area contributed by atoms with E-state index in [0.717, 1.165) is 12.0 Å². The van der Waals surface area contributed by atoms with Gasteiger partial charge in [-0.1, -0.05) is 13.8 Å². The molecule has 6 N–H and O–H groups in total. The summed E-state index contributed by atoms with van der Waals surface area (Å²) in [6.45, 7) is 6.34. The molecule has 2 rings (SSSR count). The van der Waals surface area contributed by atoms with Crippen molar-refractivity contribution in [2.45, 2.75) is 33.2 Å². The summed E-state index contributed by atoms with van der Waals surface area (Å²) in [5.74, 6) is 0.201. The fraction of sp³-hybridized carbons (Fsp3) is 0.391. The quantitative estimate of drug-likeness (QED) is 0.258. The van der Waals surface area contributed by atoms with Crippen molar-refractivity contribution in [2.24, 2.45) is 11.7 Å². The summed E-state index contributed by atoms with van der Waals surface area (Å²) in [5.41, 5.74) is 7.89. The molecule has 8 heteroatoms. The van der Waals surface area contributed by atoms with Crippen LogP contribution in [0.25, 0.3) is 0 Å². The zero-order valence-electron chi connectivity index (χ0n) is 18.1. The Bertz CT molecular complexity index is 897. The van der Waals surface area contributed by atoms with E-state index in [1.807, 2.05) is 6.92 Å². The minimum atomic E-state index is -1.12. The van der Waals surface area contributed by atoms with Gasteiger partial charge in [-0.15, -0.1) is 0 Å². The molecule has 2 aromatic rings. The van der Waals surface area contributed by atoms with Crippen molar-refractivity contribution in [1.82, 2.24) is 0 Å². The maximum absolute atomic E-state index is 12.2. The van der Waals surface area contributed by atoms with Crippen molar-refractivity contribution in [1.29, 1.82) is 5.41 Å². The molecular formula is C23H31N3O5. The maximum Gasteiger partial charge on any atom is 0.330 e. The van der Waals surface area contributed by atoms with Gasteiger partial charge in [0.05, 0.1) is 13.2 Å². The highest BCUT2D eigenvalue weighted by Crippen LogP contribution is 2.36. The SMILES string of the molecule is CCOc1cc(C(Nc2ccc(C(=N)N)cc2)C(=O)O)c(OCCO)cc1CC(C)C. The Morgan fingerprint density at radius 3 is 2.35 bits per heavy atom. The largest absolute Gasteiger partial charge is 0.494 e. The second-order valence-corrected chi connectivity index (χ2v) is 7.51. The van der Waals surface area contributed by atoms with Gasteiger partial charge in [-0.3, -0.25) is 5.41 Å². The lowest BCUT2D eigenvalue weighted by Gasteiger charge is -2.23. The maximum atomic E-state index is 12.2. The molecule has 0 saturated carbocycles. The number of nitrogen functional groups attached to an aromatic ring is 1. The highest BCUT2D eigenvalue weighted by atomic mass is 16.5. The van der Waals surface area contributed by atoms with Gasteiger partial charge in [0.25, 0.3) is 0 Å². The van der Waals surface area contributed by atoms with Crippen molar-refractivity contribution in [2.75, 3.05) is 25.1 Å². The minimum Gasteiger partial charge on any atom is -0.494 e. The number of amidine groups is 1. The summed E-state index contributed by atoms with van der Waals surface area (Å²) in [6.07, 6.45) is 0.739. The van der Waals surface area contributed by atoms with E-state index >= 15 is 0 Å². The first-order valence-electron chi connectivity index (χ1n) is 10.2. The number of carboxylic acid groups (broad SMARTS) is 1. The Morgan fingerprint density at radius 2 is 1.84 bits per heavy atom. The number of benzene rings is 2. The molecule has 0 aliphatic rings. The molecule has 0 bridgehead atoms. The van der Waals surface area contributed by atoms with Crippen LogP contribution in [0.2, 0.25) is 0 Å². The van der Waals surface area contributed by atoms with Gasteiger partial charge in [-0.2, -0.15) is 0 Å². The first-order chi connectivity index (χ1) is 14.8. The van der Waals surface area contributed by atoms with Crippen LogP contribution in [-0.4, -0.2) is 41.8 Å². The van der Waals surface area contributed by atoms with Gasteiger partial charge >= 0.3 is 5.97 Å². The summed E-state index contributed by atoms with van der Waals surface area (Å²) in [7, 11) is 0. The van der Waals surface area contributed by atoms with E-state index in [1.165, 1.54) is 0 Å². The van der Waals surface area contributed by atoms with E-state index in [2.05, 4.69) is 19.2 Å². The molecule has 1 unspecified atom stereocenters. The van der Waals surface area contributed by atoms with Crippen LogP contribution in [0.15, 0.2) is 36.4 Å². The molecule has 2 aromatic carbocycles. The number of nitrogens with one attached hydrogen (secondary N) is 2. The third-order valence-corrected chi connectivity index (χ3v) is 4.53. The van der Waals surface area contributed by atoms with E-state index in [9.17, 15) is 15.0 Å². The lowest BCUT2D eigenvalue weighted by Crippen LogP contribution is -2.22. The van der Waals surface area contributed by atoms with Crippen molar-refractivity contribution in [3.8, 4) is 11.5 Å². The van der Waals surface area contributed by atoms with E-state index in [0.29, 0.717) is 40.8 Å². The predicted molar refractivity (Wildman–Crippen MR) is 120 cm³/mol. The van der Waals surface area contributed by atoms with Crippen LogP contribution < -0.4 is 20.5 Å². The standard InChI is InChI=1S/C23H31N3O5/c1-4-30-19-13-18(20(31-10-9-27)12-16(19)11-14(2)3)21(23(28)29)26-17-7-5-15(6-8-17)22(24)25/h5-8,12-14,21,26-27H,4,9-11H2,1-3H3,(H3,24,25)(H,28,29). The number of carboxylic acids is 1. The van der Waals surface area contributed by atoms with Gasteiger partial charge in [0.15, 0.2) is 6.04 Å². The molecule has 0 spiro atoms. The molecule has 0 saturated heterocycles. The van der Waals surface area contributed by atoms with Gasteiger partial charge < -0.3 is 30.7 Å². The predicted octanol–water partition coefficient (Wildman–Crippen LogP) is 3.18. The number of hydrogen-bond acceptors (Lipinski definition) is 6. The number of hydrogen-bond donors (Lipinski definition) is 5. The fourth-order valence-corrected chi connectivity index (χ4v) is 3.20. The molecule has 8 nitrogen and oxygen atoms in total. The smallest absolute Gasteiger partial charge is 0.330 e. The molecule has 0 amide bonds. The van der Waals surface area contributed by atoms with Crippen molar-refractivity contribution < 1.29 is 24.5 Å². The van der Waals surface area contributed by atoms with Crippen LogP contribution in [0.5, 0.6) is 11.5 Å². The van der Waals surface area contributed by atoms with Crippen molar-refractivity contribution in [3.63, 3.8) is 0 Å². The number of carbonyl (C=O) groups is 1. The highest BCUT2D eigenvalue weighted by molar-refractivity contribution is 5.95. The molecule has 1 atom stereocenters.